The van der Waals surface area contributed by atoms with Crippen molar-refractivity contribution in [3.8, 4) is 5.75 Å². The van der Waals surface area contributed by atoms with E-state index in [2.05, 4.69) is 24.1 Å². The van der Waals surface area contributed by atoms with Gasteiger partial charge in [-0.3, -0.25) is 0 Å². The Bertz CT molecular complexity index is 339. The summed E-state index contributed by atoms with van der Waals surface area (Å²) in [5.41, 5.74) is 0. The molecule has 1 heterocycles. The van der Waals surface area contributed by atoms with E-state index in [0.717, 1.165) is 24.0 Å². The number of hydrogen-bond acceptors (Lipinski definition) is 3. The van der Waals surface area contributed by atoms with Crippen LogP contribution < -0.4 is 10.1 Å². The van der Waals surface area contributed by atoms with Crippen LogP contribution in [0.5, 0.6) is 5.75 Å². The quantitative estimate of drug-likeness (QED) is 0.632. The second-order valence-electron chi connectivity index (χ2n) is 5.31. The number of unbranched alkanes of at least 4 members (excludes halogenated alkanes) is 3. The summed E-state index contributed by atoms with van der Waals surface area (Å²) in [6.45, 7) is 8.22. The van der Waals surface area contributed by atoms with Crippen LogP contribution in [0.3, 0.4) is 0 Å². The van der Waals surface area contributed by atoms with Crippen molar-refractivity contribution in [3.05, 3.63) is 18.3 Å². The zero-order valence-corrected chi connectivity index (χ0v) is 12.6. The lowest BCUT2D eigenvalue weighted by atomic mass is 10.0. The molecule has 1 aromatic rings. The molecule has 0 saturated heterocycles. The number of pyridine rings is 1. The molecule has 0 aliphatic rings. The smallest absolute Gasteiger partial charge is 0.168 e. The number of rotatable bonds is 10. The van der Waals surface area contributed by atoms with Gasteiger partial charge in [-0.25, -0.2) is 4.98 Å². The highest BCUT2D eigenvalue weighted by Crippen LogP contribution is 2.20. The molecule has 0 unspecified atom stereocenters. The molecule has 1 aromatic heterocycles. The average molecular weight is 264 g/mol. The zero-order chi connectivity index (χ0) is 13.9. The molecule has 0 amide bonds. The molecule has 0 aliphatic carbocycles. The number of ether oxygens (including phenoxy) is 1. The molecule has 0 saturated carbocycles. The summed E-state index contributed by atoms with van der Waals surface area (Å²) in [5.74, 6) is 2.55. The Hall–Kier alpha value is -1.25. The maximum atomic E-state index is 5.53. The predicted molar refractivity (Wildman–Crippen MR) is 81.8 cm³/mol. The van der Waals surface area contributed by atoms with Gasteiger partial charge in [0, 0.05) is 12.7 Å². The van der Waals surface area contributed by atoms with Crippen molar-refractivity contribution < 1.29 is 4.74 Å². The van der Waals surface area contributed by atoms with Gasteiger partial charge in [-0.05, 0) is 31.4 Å². The van der Waals surface area contributed by atoms with Crippen molar-refractivity contribution in [2.24, 2.45) is 5.92 Å². The summed E-state index contributed by atoms with van der Waals surface area (Å²) < 4.78 is 5.53. The number of aromatic nitrogens is 1. The molecule has 1 rings (SSSR count). The molecular weight excluding hydrogens is 236 g/mol. The van der Waals surface area contributed by atoms with Gasteiger partial charge in [-0.1, -0.05) is 39.5 Å². The first-order chi connectivity index (χ1) is 9.24. The Balaban J connectivity index is 2.15. The average Bonchev–Trinajstić information content (AvgIpc) is 2.39. The van der Waals surface area contributed by atoms with Gasteiger partial charge in [0.2, 0.25) is 0 Å². The maximum Gasteiger partial charge on any atom is 0.168 e. The number of nitrogens with zero attached hydrogens (tertiary/aromatic N) is 1. The molecule has 1 N–H and O–H groups in total. The van der Waals surface area contributed by atoms with Crippen molar-refractivity contribution in [1.82, 2.24) is 4.98 Å². The highest BCUT2D eigenvalue weighted by molar-refractivity contribution is 5.49. The predicted octanol–water partition coefficient (Wildman–Crippen LogP) is 4.50. The second-order valence-corrected chi connectivity index (χ2v) is 5.31. The van der Waals surface area contributed by atoms with Gasteiger partial charge >= 0.3 is 0 Å². The lowest BCUT2D eigenvalue weighted by Crippen LogP contribution is -2.06. The van der Waals surface area contributed by atoms with Crippen LogP contribution in [0.1, 0.15) is 52.9 Å². The monoisotopic (exact) mass is 264 g/mol. The van der Waals surface area contributed by atoms with Crippen LogP contribution in [0.15, 0.2) is 18.3 Å². The fourth-order valence-electron chi connectivity index (χ4n) is 2.03. The molecule has 0 atom stereocenters. The van der Waals surface area contributed by atoms with Crippen molar-refractivity contribution in [2.45, 2.75) is 52.9 Å². The van der Waals surface area contributed by atoms with Crippen LogP contribution in [-0.4, -0.2) is 18.1 Å². The summed E-state index contributed by atoms with van der Waals surface area (Å²) >= 11 is 0. The van der Waals surface area contributed by atoms with Gasteiger partial charge in [0.25, 0.3) is 0 Å². The molecule has 0 spiro atoms. The van der Waals surface area contributed by atoms with Crippen LogP contribution in [-0.2, 0) is 0 Å². The topological polar surface area (TPSA) is 34.1 Å². The molecule has 0 aliphatic heterocycles. The molecule has 3 heteroatoms. The van der Waals surface area contributed by atoms with Crippen LogP contribution >= 0.6 is 0 Å². The first-order valence-electron chi connectivity index (χ1n) is 7.55. The Labute approximate surface area is 117 Å². The van der Waals surface area contributed by atoms with Crippen molar-refractivity contribution >= 4 is 5.82 Å². The van der Waals surface area contributed by atoms with Crippen LogP contribution in [0.2, 0.25) is 0 Å². The zero-order valence-electron chi connectivity index (χ0n) is 12.6. The molecule has 3 nitrogen and oxygen atoms in total. The summed E-state index contributed by atoms with van der Waals surface area (Å²) in [4.78, 5) is 4.32. The van der Waals surface area contributed by atoms with E-state index >= 15 is 0 Å². The second kappa shape index (κ2) is 9.65. The third-order valence-corrected chi connectivity index (χ3v) is 3.07. The minimum atomic E-state index is 0.676. The Kier molecular flexibility index (Phi) is 8.03. The SMILES string of the molecule is CCOc1cccnc1NCCCCCCC(C)C. The fourth-order valence-corrected chi connectivity index (χ4v) is 2.03. The Morgan fingerprint density at radius 1 is 1.21 bits per heavy atom. The van der Waals surface area contributed by atoms with Crippen LogP contribution in [0.4, 0.5) is 5.82 Å². The molecule has 0 radical (unpaired) electrons. The Morgan fingerprint density at radius 2 is 2.00 bits per heavy atom. The van der Waals surface area contributed by atoms with E-state index in [4.69, 9.17) is 4.74 Å². The van der Waals surface area contributed by atoms with Crippen molar-refractivity contribution in [1.29, 1.82) is 0 Å². The lowest BCUT2D eigenvalue weighted by molar-refractivity contribution is 0.340. The highest BCUT2D eigenvalue weighted by atomic mass is 16.5. The van der Waals surface area contributed by atoms with E-state index in [1.807, 2.05) is 19.1 Å². The van der Waals surface area contributed by atoms with Gasteiger partial charge in [0.1, 0.15) is 0 Å². The number of hydrogen-bond donors (Lipinski definition) is 1. The van der Waals surface area contributed by atoms with Gasteiger partial charge < -0.3 is 10.1 Å². The molecule has 0 bridgehead atoms. The largest absolute Gasteiger partial charge is 0.490 e. The third-order valence-electron chi connectivity index (χ3n) is 3.07. The van der Waals surface area contributed by atoms with Gasteiger partial charge in [-0.2, -0.15) is 0 Å². The molecule has 19 heavy (non-hydrogen) atoms. The first-order valence-corrected chi connectivity index (χ1v) is 7.55. The normalized spacial score (nSPS) is 10.7. The third kappa shape index (κ3) is 7.04. The van der Waals surface area contributed by atoms with E-state index in [0.29, 0.717) is 6.61 Å². The Morgan fingerprint density at radius 3 is 2.74 bits per heavy atom. The van der Waals surface area contributed by atoms with Crippen LogP contribution in [0, 0.1) is 5.92 Å². The van der Waals surface area contributed by atoms with E-state index in [-0.39, 0.29) is 0 Å². The van der Waals surface area contributed by atoms with E-state index in [1.165, 1.54) is 32.1 Å². The summed E-state index contributed by atoms with van der Waals surface area (Å²) in [6.07, 6.45) is 8.32. The summed E-state index contributed by atoms with van der Waals surface area (Å²) in [6, 6.07) is 3.86. The van der Waals surface area contributed by atoms with Crippen LogP contribution in [0.25, 0.3) is 0 Å². The molecule has 0 fully saturated rings. The molecule has 108 valence electrons. The van der Waals surface area contributed by atoms with E-state index in [9.17, 15) is 0 Å². The molecular formula is C16H28N2O. The van der Waals surface area contributed by atoms with Gasteiger partial charge in [0.15, 0.2) is 11.6 Å². The van der Waals surface area contributed by atoms with E-state index < -0.39 is 0 Å². The minimum Gasteiger partial charge on any atom is -0.490 e. The molecule has 0 aromatic carbocycles. The fraction of sp³-hybridized carbons (Fsp3) is 0.688. The van der Waals surface area contributed by atoms with E-state index in [1.54, 1.807) is 6.20 Å². The number of anilines is 1. The van der Waals surface area contributed by atoms with Crippen molar-refractivity contribution in [2.75, 3.05) is 18.5 Å². The highest BCUT2D eigenvalue weighted by Gasteiger charge is 2.02. The van der Waals surface area contributed by atoms with Gasteiger partial charge in [-0.15, -0.1) is 0 Å². The lowest BCUT2D eigenvalue weighted by Gasteiger charge is -2.10. The maximum absolute atomic E-state index is 5.53. The number of nitrogens with one attached hydrogen (secondary N) is 1. The first kappa shape index (κ1) is 15.8. The van der Waals surface area contributed by atoms with Crippen molar-refractivity contribution in [3.63, 3.8) is 0 Å². The van der Waals surface area contributed by atoms with Gasteiger partial charge in [0.05, 0.1) is 6.61 Å². The summed E-state index contributed by atoms with van der Waals surface area (Å²) in [7, 11) is 0. The minimum absolute atomic E-state index is 0.676. The standard InChI is InChI=1S/C16H28N2O/c1-4-19-15-11-9-13-18-16(15)17-12-8-6-5-7-10-14(2)3/h9,11,13-14H,4-8,10,12H2,1-3H3,(H,17,18). The summed E-state index contributed by atoms with van der Waals surface area (Å²) in [5, 5.41) is 3.36.